The van der Waals surface area contributed by atoms with Crippen LogP contribution < -0.4 is 0 Å². The smallest absolute Gasteiger partial charge is 0.252 e. The van der Waals surface area contributed by atoms with Gasteiger partial charge in [-0.25, -0.2) is 0 Å². The molecule has 0 bridgehead atoms. The summed E-state index contributed by atoms with van der Waals surface area (Å²) in [5, 5.41) is 8.27. The lowest BCUT2D eigenvalue weighted by Gasteiger charge is -2.01. The molecule has 46 valence electrons. The second kappa shape index (κ2) is 3.15. The van der Waals surface area contributed by atoms with Crippen LogP contribution in [0.5, 0.6) is 0 Å². The van der Waals surface area contributed by atoms with Crippen LogP contribution in [0.4, 0.5) is 0 Å². The topological polar surface area (TPSA) is 57.6 Å². The molecule has 4 nitrogen and oxygen atoms in total. The molecule has 0 aromatic heterocycles. The highest BCUT2D eigenvalue weighted by atomic mass is 16.5. The van der Waals surface area contributed by atoms with E-state index in [1.807, 2.05) is 0 Å². The highest BCUT2D eigenvalue weighted by Gasteiger charge is 2.03. The lowest BCUT2D eigenvalue weighted by Crippen LogP contribution is -2.24. The summed E-state index contributed by atoms with van der Waals surface area (Å²) in [6.07, 6.45) is 0.196. The molecular formula is C4H7NO3. The zero-order chi connectivity index (χ0) is 6.57. The molecule has 2 amide bonds. The molecular weight excluding hydrogens is 110 g/mol. The predicted molar refractivity (Wildman–Crippen MR) is 25.0 cm³/mol. The standard InChI is InChI=1S/C4H7NO3/c1-2-4(7)5(8)3-6/h3,8H,2H2,1H3. The van der Waals surface area contributed by atoms with Crippen molar-refractivity contribution < 1.29 is 14.8 Å². The van der Waals surface area contributed by atoms with Gasteiger partial charge < -0.3 is 0 Å². The number of amides is 2. The van der Waals surface area contributed by atoms with Crippen molar-refractivity contribution in [1.82, 2.24) is 5.06 Å². The molecule has 0 aliphatic heterocycles. The Bertz CT molecular complexity index is 101. The molecule has 0 aliphatic carbocycles. The van der Waals surface area contributed by atoms with Crippen LogP contribution in [-0.2, 0) is 9.59 Å². The molecule has 0 unspecified atom stereocenters. The molecule has 0 atom stereocenters. The SMILES string of the molecule is CCC(=O)N(O)C=O. The van der Waals surface area contributed by atoms with E-state index in [0.717, 1.165) is 0 Å². The number of rotatable bonds is 2. The van der Waals surface area contributed by atoms with Crippen LogP contribution in [0.3, 0.4) is 0 Å². The van der Waals surface area contributed by atoms with Crippen LogP contribution in [0, 0.1) is 0 Å². The van der Waals surface area contributed by atoms with Gasteiger partial charge in [0.25, 0.3) is 5.91 Å². The average Bonchev–Trinajstić information content (AvgIpc) is 1.84. The third kappa shape index (κ3) is 1.70. The van der Waals surface area contributed by atoms with Gasteiger partial charge in [0, 0.05) is 6.42 Å². The van der Waals surface area contributed by atoms with Crippen molar-refractivity contribution in [2.45, 2.75) is 13.3 Å². The first-order valence-corrected chi connectivity index (χ1v) is 2.18. The van der Waals surface area contributed by atoms with Gasteiger partial charge in [0.1, 0.15) is 0 Å². The van der Waals surface area contributed by atoms with E-state index in [-0.39, 0.29) is 17.9 Å². The minimum atomic E-state index is -0.597. The molecule has 4 heteroatoms. The summed E-state index contributed by atoms with van der Waals surface area (Å²) in [7, 11) is 0. The highest BCUT2D eigenvalue weighted by molar-refractivity contribution is 5.83. The molecule has 0 saturated carbocycles. The molecule has 0 radical (unpaired) electrons. The third-order valence-electron chi connectivity index (χ3n) is 0.658. The lowest BCUT2D eigenvalue weighted by atomic mass is 10.5. The monoisotopic (exact) mass is 117 g/mol. The van der Waals surface area contributed by atoms with Crippen LogP contribution in [0.15, 0.2) is 0 Å². The molecule has 8 heavy (non-hydrogen) atoms. The Morgan fingerprint density at radius 2 is 2.38 bits per heavy atom. The molecule has 1 N–H and O–H groups in total. The Labute approximate surface area is 46.7 Å². The van der Waals surface area contributed by atoms with E-state index in [1.54, 1.807) is 6.92 Å². The maximum absolute atomic E-state index is 10.2. The van der Waals surface area contributed by atoms with Crippen LogP contribution in [-0.4, -0.2) is 22.6 Å². The number of hydrogen-bond donors (Lipinski definition) is 1. The van der Waals surface area contributed by atoms with Gasteiger partial charge in [0.2, 0.25) is 6.41 Å². The summed E-state index contributed by atoms with van der Waals surface area (Å²) in [5.74, 6) is -0.597. The van der Waals surface area contributed by atoms with Crippen molar-refractivity contribution in [3.63, 3.8) is 0 Å². The van der Waals surface area contributed by atoms with E-state index in [0.29, 0.717) is 0 Å². The summed E-state index contributed by atoms with van der Waals surface area (Å²) in [6, 6.07) is 0. The van der Waals surface area contributed by atoms with Crippen LogP contribution in [0.1, 0.15) is 13.3 Å². The van der Waals surface area contributed by atoms with Crippen LogP contribution in [0.25, 0.3) is 0 Å². The number of hydroxylamine groups is 2. The minimum absolute atomic E-state index is 0.0278. The maximum atomic E-state index is 10.2. The van der Waals surface area contributed by atoms with Gasteiger partial charge in [-0.3, -0.25) is 14.8 Å². The molecule has 0 rings (SSSR count). The van der Waals surface area contributed by atoms with Crippen molar-refractivity contribution in [2.75, 3.05) is 0 Å². The number of imide groups is 1. The Balaban J connectivity index is 3.62. The normalized spacial score (nSPS) is 8.25. The van der Waals surface area contributed by atoms with Crippen molar-refractivity contribution in [3.8, 4) is 0 Å². The number of carbonyl (C=O) groups is 2. The maximum Gasteiger partial charge on any atom is 0.252 e. The van der Waals surface area contributed by atoms with Crippen molar-refractivity contribution >= 4 is 12.3 Å². The fourth-order valence-corrected chi connectivity index (χ4v) is 0.221. The Morgan fingerprint density at radius 1 is 1.88 bits per heavy atom. The van der Waals surface area contributed by atoms with Gasteiger partial charge >= 0.3 is 0 Å². The van der Waals surface area contributed by atoms with Gasteiger partial charge in [-0.1, -0.05) is 6.92 Å². The van der Waals surface area contributed by atoms with Crippen molar-refractivity contribution in [1.29, 1.82) is 0 Å². The van der Waals surface area contributed by atoms with Gasteiger partial charge in [0.05, 0.1) is 0 Å². The van der Waals surface area contributed by atoms with Gasteiger partial charge in [-0.2, -0.15) is 5.06 Å². The first kappa shape index (κ1) is 7.10. The average molecular weight is 117 g/mol. The fourth-order valence-electron chi connectivity index (χ4n) is 0.221. The Morgan fingerprint density at radius 3 is 2.50 bits per heavy atom. The predicted octanol–water partition coefficient (Wildman–Crippen LogP) is -0.229. The fraction of sp³-hybridized carbons (Fsp3) is 0.500. The van der Waals surface area contributed by atoms with E-state index in [2.05, 4.69) is 0 Å². The summed E-state index contributed by atoms with van der Waals surface area (Å²) in [6.45, 7) is 1.55. The second-order valence-electron chi connectivity index (χ2n) is 1.20. The molecule has 0 aromatic rings. The largest absolute Gasteiger partial charge is 0.279 e. The summed E-state index contributed by atoms with van der Waals surface area (Å²) in [5.41, 5.74) is 0. The molecule has 0 aliphatic rings. The minimum Gasteiger partial charge on any atom is -0.279 e. The van der Waals surface area contributed by atoms with Crippen LogP contribution >= 0.6 is 0 Å². The first-order chi connectivity index (χ1) is 3.72. The van der Waals surface area contributed by atoms with E-state index in [1.165, 1.54) is 0 Å². The molecule has 0 saturated heterocycles. The quantitative estimate of drug-likeness (QED) is 0.309. The van der Waals surface area contributed by atoms with Gasteiger partial charge in [0.15, 0.2) is 0 Å². The number of nitrogens with zero attached hydrogens (tertiary/aromatic N) is 1. The highest BCUT2D eigenvalue weighted by Crippen LogP contribution is 1.82. The molecule has 0 aromatic carbocycles. The molecule has 0 fully saturated rings. The number of carbonyl (C=O) groups excluding carboxylic acids is 2. The zero-order valence-corrected chi connectivity index (χ0v) is 4.50. The molecule has 0 heterocycles. The second-order valence-corrected chi connectivity index (χ2v) is 1.20. The molecule has 0 spiro atoms. The Hall–Kier alpha value is -0.900. The van der Waals surface area contributed by atoms with Crippen LogP contribution in [0.2, 0.25) is 0 Å². The Kier molecular flexibility index (Phi) is 2.79. The van der Waals surface area contributed by atoms with Gasteiger partial charge in [-0.15, -0.1) is 0 Å². The van der Waals surface area contributed by atoms with Gasteiger partial charge in [-0.05, 0) is 0 Å². The summed E-state index contributed by atoms with van der Waals surface area (Å²) < 4.78 is 0. The van der Waals surface area contributed by atoms with E-state index >= 15 is 0 Å². The lowest BCUT2D eigenvalue weighted by molar-refractivity contribution is -0.169. The summed E-state index contributed by atoms with van der Waals surface area (Å²) in [4.78, 5) is 19.7. The summed E-state index contributed by atoms with van der Waals surface area (Å²) >= 11 is 0. The van der Waals surface area contributed by atoms with E-state index < -0.39 is 5.91 Å². The third-order valence-corrected chi connectivity index (χ3v) is 0.658. The zero-order valence-electron chi connectivity index (χ0n) is 4.50. The van der Waals surface area contributed by atoms with E-state index in [9.17, 15) is 9.59 Å². The van der Waals surface area contributed by atoms with E-state index in [4.69, 9.17) is 5.21 Å². The van der Waals surface area contributed by atoms with Crippen molar-refractivity contribution in [2.24, 2.45) is 0 Å². The number of hydrogen-bond acceptors (Lipinski definition) is 3. The first-order valence-electron chi connectivity index (χ1n) is 2.18. The van der Waals surface area contributed by atoms with Crippen molar-refractivity contribution in [3.05, 3.63) is 0 Å².